The van der Waals surface area contributed by atoms with E-state index in [0.717, 1.165) is 10.0 Å². The van der Waals surface area contributed by atoms with Crippen molar-refractivity contribution in [1.82, 2.24) is 0 Å². The second-order valence-electron chi connectivity index (χ2n) is 3.85. The summed E-state index contributed by atoms with van der Waals surface area (Å²) in [6, 6.07) is 12.2. The van der Waals surface area contributed by atoms with Gasteiger partial charge in [-0.05, 0) is 39.7 Å². The highest BCUT2D eigenvalue weighted by atomic mass is 79.9. The standard InChI is InChI=1S/C14H13BrFNO/c15-12-7-10(8-17)5-6-14(12)18-9-11-3-1-2-4-13(11)16/h1-7H,8-9,17H2. The van der Waals surface area contributed by atoms with E-state index in [-0.39, 0.29) is 12.4 Å². The lowest BCUT2D eigenvalue weighted by Gasteiger charge is -2.09. The van der Waals surface area contributed by atoms with Crippen molar-refractivity contribution in [1.29, 1.82) is 0 Å². The zero-order valence-corrected chi connectivity index (χ0v) is 11.3. The molecule has 0 saturated heterocycles. The van der Waals surface area contributed by atoms with Crippen LogP contribution in [0, 0.1) is 5.82 Å². The highest BCUT2D eigenvalue weighted by molar-refractivity contribution is 9.10. The molecule has 0 aliphatic rings. The molecule has 0 atom stereocenters. The van der Waals surface area contributed by atoms with Gasteiger partial charge in [0.05, 0.1) is 4.47 Å². The summed E-state index contributed by atoms with van der Waals surface area (Å²) in [6.45, 7) is 0.680. The molecule has 0 heterocycles. The molecule has 0 saturated carbocycles. The molecule has 0 aromatic heterocycles. The largest absolute Gasteiger partial charge is 0.488 e. The Morgan fingerprint density at radius 1 is 1.17 bits per heavy atom. The van der Waals surface area contributed by atoms with Gasteiger partial charge in [-0.2, -0.15) is 0 Å². The van der Waals surface area contributed by atoms with E-state index in [0.29, 0.717) is 17.9 Å². The van der Waals surface area contributed by atoms with Crippen molar-refractivity contribution in [3.05, 3.63) is 63.9 Å². The maximum Gasteiger partial charge on any atom is 0.134 e. The van der Waals surface area contributed by atoms with Crippen LogP contribution in [0.15, 0.2) is 46.9 Å². The maximum atomic E-state index is 13.4. The molecule has 2 nitrogen and oxygen atoms in total. The molecule has 4 heteroatoms. The fourth-order valence-electron chi connectivity index (χ4n) is 1.56. The molecule has 2 aromatic rings. The summed E-state index contributed by atoms with van der Waals surface area (Å²) in [5.74, 6) is 0.419. The number of hydrogen-bond acceptors (Lipinski definition) is 2. The molecule has 0 unspecified atom stereocenters. The summed E-state index contributed by atoms with van der Waals surface area (Å²) >= 11 is 3.41. The van der Waals surface area contributed by atoms with Crippen molar-refractivity contribution >= 4 is 15.9 Å². The zero-order valence-electron chi connectivity index (χ0n) is 9.70. The topological polar surface area (TPSA) is 35.2 Å². The van der Waals surface area contributed by atoms with Crippen LogP contribution in [0.2, 0.25) is 0 Å². The lowest BCUT2D eigenvalue weighted by Crippen LogP contribution is -2.00. The minimum Gasteiger partial charge on any atom is -0.488 e. The summed E-state index contributed by atoms with van der Waals surface area (Å²) < 4.78 is 19.8. The van der Waals surface area contributed by atoms with Crippen LogP contribution in [-0.4, -0.2) is 0 Å². The Hall–Kier alpha value is -1.39. The first kappa shape index (κ1) is 13.1. The van der Waals surface area contributed by atoms with Crippen molar-refractivity contribution in [2.24, 2.45) is 5.73 Å². The van der Waals surface area contributed by atoms with E-state index < -0.39 is 0 Å². The molecule has 0 bridgehead atoms. The third kappa shape index (κ3) is 3.09. The smallest absolute Gasteiger partial charge is 0.134 e. The Morgan fingerprint density at radius 3 is 2.61 bits per heavy atom. The number of hydrogen-bond donors (Lipinski definition) is 1. The van der Waals surface area contributed by atoms with Gasteiger partial charge in [0, 0.05) is 12.1 Å². The van der Waals surface area contributed by atoms with Crippen molar-refractivity contribution in [3.8, 4) is 5.75 Å². The normalized spacial score (nSPS) is 10.4. The Labute approximate surface area is 114 Å². The van der Waals surface area contributed by atoms with E-state index >= 15 is 0 Å². The Balaban J connectivity index is 2.09. The average molecular weight is 310 g/mol. The van der Waals surface area contributed by atoms with Gasteiger partial charge in [0.15, 0.2) is 0 Å². The highest BCUT2D eigenvalue weighted by Gasteiger charge is 2.05. The van der Waals surface area contributed by atoms with E-state index in [4.69, 9.17) is 10.5 Å². The number of rotatable bonds is 4. The fourth-order valence-corrected chi connectivity index (χ4v) is 2.10. The second kappa shape index (κ2) is 5.98. The minimum atomic E-state index is -0.257. The van der Waals surface area contributed by atoms with Gasteiger partial charge >= 0.3 is 0 Å². The third-order valence-corrected chi connectivity index (χ3v) is 3.19. The Kier molecular flexibility index (Phi) is 4.33. The first-order valence-corrected chi connectivity index (χ1v) is 6.34. The van der Waals surface area contributed by atoms with Crippen LogP contribution in [0.1, 0.15) is 11.1 Å². The van der Waals surface area contributed by atoms with Gasteiger partial charge in [-0.3, -0.25) is 0 Å². The lowest BCUT2D eigenvalue weighted by molar-refractivity contribution is 0.298. The SMILES string of the molecule is NCc1ccc(OCc2ccccc2F)c(Br)c1. The third-order valence-electron chi connectivity index (χ3n) is 2.57. The number of halogens is 2. The Bertz CT molecular complexity index is 545. The van der Waals surface area contributed by atoms with Crippen LogP contribution in [0.5, 0.6) is 5.75 Å². The van der Waals surface area contributed by atoms with Crippen molar-refractivity contribution < 1.29 is 9.13 Å². The molecule has 2 rings (SSSR count). The molecule has 0 radical (unpaired) electrons. The van der Waals surface area contributed by atoms with Crippen LogP contribution < -0.4 is 10.5 Å². The molecule has 0 fully saturated rings. The summed E-state index contributed by atoms with van der Waals surface area (Å²) in [5, 5.41) is 0. The summed E-state index contributed by atoms with van der Waals surface area (Å²) in [4.78, 5) is 0. The van der Waals surface area contributed by atoms with Gasteiger partial charge < -0.3 is 10.5 Å². The molecule has 0 aliphatic heterocycles. The molecule has 18 heavy (non-hydrogen) atoms. The van der Waals surface area contributed by atoms with Crippen molar-refractivity contribution in [2.45, 2.75) is 13.2 Å². The first-order chi connectivity index (χ1) is 8.70. The van der Waals surface area contributed by atoms with E-state index in [2.05, 4.69) is 15.9 Å². The fraction of sp³-hybridized carbons (Fsp3) is 0.143. The maximum absolute atomic E-state index is 13.4. The first-order valence-electron chi connectivity index (χ1n) is 5.55. The van der Waals surface area contributed by atoms with Crippen molar-refractivity contribution in [3.63, 3.8) is 0 Å². The molecule has 2 aromatic carbocycles. The molecule has 0 aliphatic carbocycles. The second-order valence-corrected chi connectivity index (χ2v) is 4.70. The zero-order chi connectivity index (χ0) is 13.0. The number of benzene rings is 2. The number of nitrogens with two attached hydrogens (primary N) is 1. The highest BCUT2D eigenvalue weighted by Crippen LogP contribution is 2.26. The van der Waals surface area contributed by atoms with Gasteiger partial charge in [0.2, 0.25) is 0 Å². The molecule has 0 amide bonds. The Morgan fingerprint density at radius 2 is 1.94 bits per heavy atom. The molecular formula is C14H13BrFNO. The predicted octanol–water partition coefficient (Wildman–Crippen LogP) is 3.63. The van der Waals surface area contributed by atoms with Crippen LogP contribution in [0.25, 0.3) is 0 Å². The summed E-state index contributed by atoms with van der Waals surface area (Å²) in [5.41, 5.74) is 7.09. The average Bonchev–Trinajstić information content (AvgIpc) is 2.39. The van der Waals surface area contributed by atoms with Gasteiger partial charge in [0.1, 0.15) is 18.2 Å². The van der Waals surface area contributed by atoms with E-state index in [9.17, 15) is 4.39 Å². The van der Waals surface area contributed by atoms with Crippen molar-refractivity contribution in [2.75, 3.05) is 0 Å². The van der Waals surface area contributed by atoms with Gasteiger partial charge in [-0.1, -0.05) is 24.3 Å². The molecule has 2 N–H and O–H groups in total. The van der Waals surface area contributed by atoms with E-state index in [1.54, 1.807) is 18.2 Å². The van der Waals surface area contributed by atoms with Gasteiger partial charge in [-0.15, -0.1) is 0 Å². The monoisotopic (exact) mass is 309 g/mol. The minimum absolute atomic E-state index is 0.202. The van der Waals surface area contributed by atoms with Gasteiger partial charge in [-0.25, -0.2) is 4.39 Å². The van der Waals surface area contributed by atoms with Crippen LogP contribution in [0.4, 0.5) is 4.39 Å². The summed E-state index contributed by atoms with van der Waals surface area (Å²) in [7, 11) is 0. The molecular weight excluding hydrogens is 297 g/mol. The quantitative estimate of drug-likeness (QED) is 0.936. The van der Waals surface area contributed by atoms with Crippen LogP contribution in [0.3, 0.4) is 0 Å². The molecule has 0 spiro atoms. The van der Waals surface area contributed by atoms with E-state index in [1.807, 2.05) is 18.2 Å². The predicted molar refractivity (Wildman–Crippen MR) is 72.8 cm³/mol. The van der Waals surface area contributed by atoms with Crippen LogP contribution in [-0.2, 0) is 13.2 Å². The van der Waals surface area contributed by atoms with Gasteiger partial charge in [0.25, 0.3) is 0 Å². The van der Waals surface area contributed by atoms with E-state index in [1.165, 1.54) is 6.07 Å². The lowest BCUT2D eigenvalue weighted by atomic mass is 10.2. The summed E-state index contributed by atoms with van der Waals surface area (Å²) in [6.07, 6.45) is 0. The number of ether oxygens (including phenoxy) is 1. The molecule has 94 valence electrons. The van der Waals surface area contributed by atoms with Crippen LogP contribution >= 0.6 is 15.9 Å².